The van der Waals surface area contributed by atoms with Crippen LogP contribution in [0.4, 0.5) is 19.0 Å². The zero-order valence-electron chi connectivity index (χ0n) is 11.2. The molecule has 2 aromatic heterocycles. The molecule has 1 unspecified atom stereocenters. The molecule has 0 aliphatic rings. The normalized spacial score (nSPS) is 13.6. The summed E-state index contributed by atoms with van der Waals surface area (Å²) >= 11 is 0. The highest BCUT2D eigenvalue weighted by Gasteiger charge is 2.37. The zero-order chi connectivity index (χ0) is 15.5. The van der Waals surface area contributed by atoms with Gasteiger partial charge in [0.1, 0.15) is 5.82 Å². The van der Waals surface area contributed by atoms with Crippen molar-refractivity contribution in [3.05, 3.63) is 18.0 Å². The second-order valence-electron chi connectivity index (χ2n) is 4.49. The standard InChI is InChI=1S/C11H15F3N6O/c1-7(21)6-15-4-5-16-8-2-3-9-17-18-10(11(12,13)14)20(9)19-8/h2-3,7,15,21H,4-6H2,1H3,(H,16,19). The number of rotatable bonds is 6. The van der Waals surface area contributed by atoms with E-state index in [0.29, 0.717) is 24.1 Å². The highest BCUT2D eigenvalue weighted by atomic mass is 19.4. The van der Waals surface area contributed by atoms with Crippen molar-refractivity contribution in [2.45, 2.75) is 19.2 Å². The lowest BCUT2D eigenvalue weighted by molar-refractivity contribution is -0.146. The molecule has 0 saturated heterocycles. The minimum absolute atomic E-state index is 0.0279. The highest BCUT2D eigenvalue weighted by molar-refractivity contribution is 5.44. The first-order valence-corrected chi connectivity index (χ1v) is 6.30. The molecule has 0 aliphatic heterocycles. The molecule has 0 radical (unpaired) electrons. The van der Waals surface area contributed by atoms with Crippen LogP contribution >= 0.6 is 0 Å². The number of alkyl halides is 3. The fourth-order valence-electron chi connectivity index (χ4n) is 1.65. The molecule has 7 nitrogen and oxygen atoms in total. The van der Waals surface area contributed by atoms with Crippen LogP contribution in [0.2, 0.25) is 0 Å². The van der Waals surface area contributed by atoms with E-state index in [1.165, 1.54) is 12.1 Å². The van der Waals surface area contributed by atoms with Crippen LogP contribution in [-0.4, -0.2) is 50.7 Å². The van der Waals surface area contributed by atoms with Crippen molar-refractivity contribution in [3.63, 3.8) is 0 Å². The average molecular weight is 304 g/mol. The Labute approximate surface area is 118 Å². The summed E-state index contributed by atoms with van der Waals surface area (Å²) in [5, 5.41) is 25.2. The molecule has 10 heteroatoms. The molecular formula is C11H15F3N6O. The quantitative estimate of drug-likeness (QED) is 0.675. The Morgan fingerprint density at radius 3 is 2.71 bits per heavy atom. The lowest BCUT2D eigenvalue weighted by Gasteiger charge is -2.09. The van der Waals surface area contributed by atoms with Gasteiger partial charge in [-0.05, 0) is 19.1 Å². The average Bonchev–Trinajstić information content (AvgIpc) is 2.80. The van der Waals surface area contributed by atoms with Gasteiger partial charge in [-0.1, -0.05) is 0 Å². The Morgan fingerprint density at radius 2 is 2.05 bits per heavy atom. The smallest absolute Gasteiger partial charge is 0.392 e. The molecule has 2 rings (SSSR count). The van der Waals surface area contributed by atoms with Gasteiger partial charge in [0.2, 0.25) is 0 Å². The van der Waals surface area contributed by atoms with Gasteiger partial charge in [0.15, 0.2) is 5.65 Å². The van der Waals surface area contributed by atoms with Crippen molar-refractivity contribution >= 4 is 11.5 Å². The summed E-state index contributed by atoms with van der Waals surface area (Å²) < 4.78 is 38.7. The molecule has 0 amide bonds. The maximum atomic E-state index is 12.7. The Hall–Kier alpha value is -1.94. The topological polar surface area (TPSA) is 87.4 Å². The van der Waals surface area contributed by atoms with Gasteiger partial charge in [0.25, 0.3) is 5.82 Å². The van der Waals surface area contributed by atoms with E-state index < -0.39 is 18.1 Å². The molecule has 21 heavy (non-hydrogen) atoms. The maximum Gasteiger partial charge on any atom is 0.453 e. The summed E-state index contributed by atoms with van der Waals surface area (Å²) in [6.45, 7) is 3.09. The summed E-state index contributed by atoms with van der Waals surface area (Å²) in [5.41, 5.74) is 0.0279. The molecule has 0 spiro atoms. The molecule has 3 N–H and O–H groups in total. The Bertz CT molecular complexity index is 597. The predicted octanol–water partition coefficient (Wildman–Crippen LogP) is 0.525. The van der Waals surface area contributed by atoms with Crippen molar-refractivity contribution in [2.24, 2.45) is 0 Å². The summed E-state index contributed by atoms with van der Waals surface area (Å²) in [6, 6.07) is 2.93. The fourth-order valence-corrected chi connectivity index (χ4v) is 1.65. The van der Waals surface area contributed by atoms with E-state index in [4.69, 9.17) is 5.11 Å². The second kappa shape index (κ2) is 6.22. The van der Waals surface area contributed by atoms with Crippen molar-refractivity contribution in [1.82, 2.24) is 25.1 Å². The summed E-state index contributed by atoms with van der Waals surface area (Å²) in [6.07, 6.45) is -5.06. The Morgan fingerprint density at radius 1 is 1.29 bits per heavy atom. The lowest BCUT2D eigenvalue weighted by Crippen LogP contribution is -2.29. The van der Waals surface area contributed by atoms with E-state index in [9.17, 15) is 13.2 Å². The van der Waals surface area contributed by atoms with E-state index in [1.807, 2.05) is 0 Å². The van der Waals surface area contributed by atoms with Gasteiger partial charge in [-0.3, -0.25) is 0 Å². The van der Waals surface area contributed by atoms with Crippen LogP contribution in [0.25, 0.3) is 5.65 Å². The van der Waals surface area contributed by atoms with Crippen molar-refractivity contribution < 1.29 is 18.3 Å². The molecule has 2 aromatic rings. The Balaban J connectivity index is 2.01. The van der Waals surface area contributed by atoms with Gasteiger partial charge in [0, 0.05) is 19.6 Å². The molecule has 0 bridgehead atoms. The van der Waals surface area contributed by atoms with Gasteiger partial charge in [0.05, 0.1) is 6.10 Å². The van der Waals surface area contributed by atoms with Crippen LogP contribution in [0, 0.1) is 0 Å². The monoisotopic (exact) mass is 304 g/mol. The zero-order valence-corrected chi connectivity index (χ0v) is 11.2. The number of nitrogens with zero attached hydrogens (tertiary/aromatic N) is 4. The van der Waals surface area contributed by atoms with E-state index in [-0.39, 0.29) is 11.5 Å². The van der Waals surface area contributed by atoms with E-state index in [2.05, 4.69) is 25.9 Å². The first-order chi connectivity index (χ1) is 9.88. The molecule has 0 aromatic carbocycles. The molecule has 2 heterocycles. The SMILES string of the molecule is CC(O)CNCCNc1ccc2nnc(C(F)(F)F)n2n1. The number of nitrogens with one attached hydrogen (secondary N) is 2. The van der Waals surface area contributed by atoms with Gasteiger partial charge >= 0.3 is 6.18 Å². The lowest BCUT2D eigenvalue weighted by atomic mass is 10.4. The largest absolute Gasteiger partial charge is 0.453 e. The van der Waals surface area contributed by atoms with Crippen LogP contribution < -0.4 is 10.6 Å². The third kappa shape index (κ3) is 4.02. The minimum Gasteiger partial charge on any atom is -0.392 e. The number of hydrogen-bond acceptors (Lipinski definition) is 6. The van der Waals surface area contributed by atoms with Crippen LogP contribution in [0.3, 0.4) is 0 Å². The van der Waals surface area contributed by atoms with E-state index >= 15 is 0 Å². The van der Waals surface area contributed by atoms with Crippen LogP contribution in [-0.2, 0) is 6.18 Å². The number of aliphatic hydroxyl groups is 1. The number of aromatic nitrogens is 4. The Kier molecular flexibility index (Phi) is 4.58. The van der Waals surface area contributed by atoms with E-state index in [0.717, 1.165) is 0 Å². The summed E-state index contributed by atoms with van der Waals surface area (Å²) in [5.74, 6) is -0.875. The summed E-state index contributed by atoms with van der Waals surface area (Å²) in [4.78, 5) is 0. The molecule has 0 saturated carbocycles. The summed E-state index contributed by atoms with van der Waals surface area (Å²) in [7, 11) is 0. The highest BCUT2D eigenvalue weighted by Crippen LogP contribution is 2.27. The van der Waals surface area contributed by atoms with Crippen molar-refractivity contribution in [1.29, 1.82) is 0 Å². The number of anilines is 1. The third-order valence-corrected chi connectivity index (χ3v) is 2.56. The first kappa shape index (κ1) is 15.4. The number of fused-ring (bicyclic) bond motifs is 1. The van der Waals surface area contributed by atoms with Crippen LogP contribution in [0.1, 0.15) is 12.7 Å². The van der Waals surface area contributed by atoms with Crippen LogP contribution in [0.15, 0.2) is 12.1 Å². The van der Waals surface area contributed by atoms with Gasteiger partial charge in [-0.15, -0.1) is 15.3 Å². The number of halogens is 3. The molecule has 0 aliphatic carbocycles. The van der Waals surface area contributed by atoms with Crippen LogP contribution in [0.5, 0.6) is 0 Å². The maximum absolute atomic E-state index is 12.7. The molecule has 116 valence electrons. The third-order valence-electron chi connectivity index (χ3n) is 2.56. The molecule has 1 atom stereocenters. The minimum atomic E-state index is -4.61. The van der Waals surface area contributed by atoms with Gasteiger partial charge in [-0.25, -0.2) is 0 Å². The van der Waals surface area contributed by atoms with Crippen molar-refractivity contribution in [3.8, 4) is 0 Å². The van der Waals surface area contributed by atoms with E-state index in [1.54, 1.807) is 6.92 Å². The molecule has 0 fully saturated rings. The number of aliphatic hydroxyl groups excluding tert-OH is 1. The predicted molar refractivity (Wildman–Crippen MR) is 68.8 cm³/mol. The van der Waals surface area contributed by atoms with Crippen molar-refractivity contribution in [2.75, 3.05) is 25.0 Å². The molecular weight excluding hydrogens is 289 g/mol. The number of hydrogen-bond donors (Lipinski definition) is 3. The first-order valence-electron chi connectivity index (χ1n) is 6.30. The fraction of sp³-hybridized carbons (Fsp3) is 0.545. The van der Waals surface area contributed by atoms with Gasteiger partial charge in [-0.2, -0.15) is 17.7 Å². The second-order valence-corrected chi connectivity index (χ2v) is 4.49. The van der Waals surface area contributed by atoms with Gasteiger partial charge < -0.3 is 15.7 Å².